The van der Waals surface area contributed by atoms with Crippen molar-refractivity contribution in [3.63, 3.8) is 0 Å². The summed E-state index contributed by atoms with van der Waals surface area (Å²) in [5.74, 6) is -1.37. The van der Waals surface area contributed by atoms with Gasteiger partial charge in [-0.05, 0) is 47.2 Å². The van der Waals surface area contributed by atoms with Gasteiger partial charge in [-0.2, -0.15) is 10.5 Å². The van der Waals surface area contributed by atoms with Crippen LogP contribution in [0.15, 0.2) is 90.5 Å². The molecule has 0 aliphatic carbocycles. The molecule has 36 heavy (non-hydrogen) atoms. The minimum atomic E-state index is -1.13. The molecule has 0 saturated heterocycles. The van der Waals surface area contributed by atoms with E-state index in [4.69, 9.17) is 4.74 Å². The Bertz CT molecular complexity index is 1590. The number of carbonyl (C=O) groups is 2. The molecule has 4 aromatic carbocycles. The Balaban J connectivity index is 1.70. The number of rotatable bonds is 7. The van der Waals surface area contributed by atoms with Crippen molar-refractivity contribution >= 4 is 34.4 Å². The number of amides is 1. The van der Waals surface area contributed by atoms with E-state index >= 15 is 0 Å². The number of ether oxygens (including phenoxy) is 1. The number of aromatic carboxylic acids is 1. The molecule has 0 aromatic heterocycles. The molecule has 1 amide bonds. The normalized spacial score (nSPS) is 10.8. The lowest BCUT2D eigenvalue weighted by atomic mass is 10.0. The van der Waals surface area contributed by atoms with Crippen LogP contribution in [0.1, 0.15) is 27.0 Å². The predicted octanol–water partition coefficient (Wildman–Crippen LogP) is 5.53. The molecule has 7 heteroatoms. The number of nitriles is 2. The lowest BCUT2D eigenvalue weighted by molar-refractivity contribution is -0.112. The maximum absolute atomic E-state index is 12.9. The van der Waals surface area contributed by atoms with E-state index < -0.39 is 11.9 Å². The second kappa shape index (κ2) is 10.7. The zero-order chi connectivity index (χ0) is 25.5. The largest absolute Gasteiger partial charge is 0.488 e. The van der Waals surface area contributed by atoms with Crippen molar-refractivity contribution in [1.82, 2.24) is 0 Å². The first-order valence-corrected chi connectivity index (χ1v) is 10.9. The average molecular weight is 473 g/mol. The third-order valence-electron chi connectivity index (χ3n) is 5.47. The van der Waals surface area contributed by atoms with Gasteiger partial charge in [0.1, 0.15) is 24.0 Å². The molecule has 0 saturated carbocycles. The highest BCUT2D eigenvalue weighted by atomic mass is 16.5. The fourth-order valence-electron chi connectivity index (χ4n) is 3.68. The van der Waals surface area contributed by atoms with Gasteiger partial charge in [-0.25, -0.2) is 4.79 Å². The van der Waals surface area contributed by atoms with Gasteiger partial charge in [0.25, 0.3) is 5.91 Å². The summed E-state index contributed by atoms with van der Waals surface area (Å²) in [6, 6.07) is 28.1. The van der Waals surface area contributed by atoms with Crippen LogP contribution in [0.5, 0.6) is 5.75 Å². The number of hydrogen-bond acceptors (Lipinski definition) is 5. The van der Waals surface area contributed by atoms with Crippen LogP contribution >= 0.6 is 0 Å². The van der Waals surface area contributed by atoms with Crippen LogP contribution in [0.4, 0.5) is 5.69 Å². The summed E-state index contributed by atoms with van der Waals surface area (Å²) in [5.41, 5.74) is 1.82. The fourth-order valence-corrected chi connectivity index (χ4v) is 3.68. The molecule has 0 bridgehead atoms. The summed E-state index contributed by atoms with van der Waals surface area (Å²) < 4.78 is 6.06. The third kappa shape index (κ3) is 5.22. The quantitative estimate of drug-likeness (QED) is 0.269. The molecule has 0 fully saturated rings. The van der Waals surface area contributed by atoms with Crippen LogP contribution in [0.3, 0.4) is 0 Å². The van der Waals surface area contributed by atoms with E-state index in [1.165, 1.54) is 24.3 Å². The molecular formula is C29H19N3O4. The predicted molar refractivity (Wildman–Crippen MR) is 135 cm³/mol. The van der Waals surface area contributed by atoms with Gasteiger partial charge in [-0.1, -0.05) is 54.6 Å². The lowest BCUT2D eigenvalue weighted by Gasteiger charge is -2.13. The SMILES string of the molecule is N#C/C(=C/c1c(OCc2ccccc2C#N)ccc2ccccc12)C(=O)Nc1cccc(C(=O)O)c1. The molecule has 7 nitrogen and oxygen atoms in total. The van der Waals surface area contributed by atoms with Crippen molar-refractivity contribution in [3.05, 3.63) is 113 Å². The summed E-state index contributed by atoms with van der Waals surface area (Å²) in [6.07, 6.45) is 1.45. The van der Waals surface area contributed by atoms with Crippen LogP contribution in [-0.2, 0) is 11.4 Å². The van der Waals surface area contributed by atoms with Crippen LogP contribution < -0.4 is 10.1 Å². The first-order valence-electron chi connectivity index (χ1n) is 10.9. The van der Waals surface area contributed by atoms with Crippen LogP contribution in [0, 0.1) is 22.7 Å². The third-order valence-corrected chi connectivity index (χ3v) is 5.47. The fraction of sp³-hybridized carbons (Fsp3) is 0.0345. The molecule has 0 aliphatic rings. The molecule has 0 aliphatic heterocycles. The second-order valence-electron chi connectivity index (χ2n) is 7.77. The van der Waals surface area contributed by atoms with Crippen molar-refractivity contribution in [1.29, 1.82) is 10.5 Å². The van der Waals surface area contributed by atoms with Crippen molar-refractivity contribution in [2.45, 2.75) is 6.61 Å². The van der Waals surface area contributed by atoms with Crippen molar-refractivity contribution in [2.24, 2.45) is 0 Å². The molecule has 4 rings (SSSR count). The summed E-state index contributed by atoms with van der Waals surface area (Å²) in [6.45, 7) is 0.124. The highest BCUT2D eigenvalue weighted by Gasteiger charge is 2.15. The van der Waals surface area contributed by atoms with Gasteiger partial charge in [0.2, 0.25) is 0 Å². The van der Waals surface area contributed by atoms with E-state index in [0.29, 0.717) is 22.4 Å². The summed E-state index contributed by atoms with van der Waals surface area (Å²) in [7, 11) is 0. The second-order valence-corrected chi connectivity index (χ2v) is 7.77. The van der Waals surface area contributed by atoms with Gasteiger partial charge in [0.15, 0.2) is 0 Å². The van der Waals surface area contributed by atoms with Crippen LogP contribution in [-0.4, -0.2) is 17.0 Å². The Morgan fingerprint density at radius 3 is 2.50 bits per heavy atom. The number of nitrogens with zero attached hydrogens (tertiary/aromatic N) is 2. The van der Waals surface area contributed by atoms with Crippen LogP contribution in [0.2, 0.25) is 0 Å². The highest BCUT2D eigenvalue weighted by molar-refractivity contribution is 6.11. The number of carbonyl (C=O) groups excluding carboxylic acids is 1. The first kappa shape index (κ1) is 23.7. The maximum Gasteiger partial charge on any atom is 0.335 e. The van der Waals surface area contributed by atoms with Gasteiger partial charge in [0, 0.05) is 16.8 Å². The topological polar surface area (TPSA) is 123 Å². The van der Waals surface area contributed by atoms with Crippen molar-refractivity contribution in [3.8, 4) is 17.9 Å². The molecule has 0 unspecified atom stereocenters. The monoisotopic (exact) mass is 473 g/mol. The smallest absolute Gasteiger partial charge is 0.335 e. The molecule has 0 atom stereocenters. The molecule has 0 spiro atoms. The minimum absolute atomic E-state index is 0.0117. The van der Waals surface area contributed by atoms with E-state index in [1.807, 2.05) is 42.5 Å². The van der Waals surface area contributed by atoms with E-state index in [2.05, 4.69) is 11.4 Å². The van der Waals surface area contributed by atoms with Gasteiger partial charge in [0.05, 0.1) is 17.2 Å². The standard InChI is InChI=1S/C29H19N3O4/c30-16-21-7-1-2-8-22(21)18-36-27-13-12-19-6-3-4-11-25(19)26(27)15-23(17-31)28(33)32-24-10-5-9-20(14-24)29(34)35/h1-15H,18H2,(H,32,33)(H,34,35)/b23-15-. The number of nitrogens with one attached hydrogen (secondary N) is 1. The molecular weight excluding hydrogens is 454 g/mol. The Kier molecular flexibility index (Phi) is 7.05. The number of hydrogen-bond donors (Lipinski definition) is 2. The Labute approximate surface area is 207 Å². The van der Waals surface area contributed by atoms with Crippen molar-refractivity contribution in [2.75, 3.05) is 5.32 Å². The lowest BCUT2D eigenvalue weighted by Crippen LogP contribution is -2.14. The van der Waals surface area contributed by atoms with Gasteiger partial charge >= 0.3 is 5.97 Å². The average Bonchev–Trinajstić information content (AvgIpc) is 2.91. The summed E-state index contributed by atoms with van der Waals surface area (Å²) >= 11 is 0. The first-order chi connectivity index (χ1) is 17.5. The number of benzene rings is 4. The number of fused-ring (bicyclic) bond motifs is 1. The number of carboxylic acids is 1. The zero-order valence-electron chi connectivity index (χ0n) is 18.9. The molecule has 2 N–H and O–H groups in total. The molecule has 0 heterocycles. The summed E-state index contributed by atoms with van der Waals surface area (Å²) in [5, 5.41) is 32.6. The van der Waals surface area contributed by atoms with Gasteiger partial charge < -0.3 is 15.2 Å². The highest BCUT2D eigenvalue weighted by Crippen LogP contribution is 2.31. The Morgan fingerprint density at radius 2 is 1.72 bits per heavy atom. The van der Waals surface area contributed by atoms with Gasteiger partial charge in [-0.3, -0.25) is 4.79 Å². The van der Waals surface area contributed by atoms with Gasteiger partial charge in [-0.15, -0.1) is 0 Å². The maximum atomic E-state index is 12.9. The Hall–Kier alpha value is -5.40. The Morgan fingerprint density at radius 1 is 0.944 bits per heavy atom. The minimum Gasteiger partial charge on any atom is -0.488 e. The van der Waals surface area contributed by atoms with E-state index in [1.54, 1.807) is 30.3 Å². The van der Waals surface area contributed by atoms with Crippen molar-refractivity contribution < 1.29 is 19.4 Å². The summed E-state index contributed by atoms with van der Waals surface area (Å²) in [4.78, 5) is 24.1. The van der Waals surface area contributed by atoms with E-state index in [9.17, 15) is 25.2 Å². The number of anilines is 1. The molecule has 4 aromatic rings. The molecule has 174 valence electrons. The number of carboxylic acid groups (broad SMARTS) is 1. The zero-order valence-corrected chi connectivity index (χ0v) is 18.9. The van der Waals surface area contributed by atoms with Crippen LogP contribution in [0.25, 0.3) is 16.8 Å². The molecule has 0 radical (unpaired) electrons. The van der Waals surface area contributed by atoms with E-state index in [-0.39, 0.29) is 23.4 Å². The van der Waals surface area contributed by atoms with E-state index in [0.717, 1.165) is 10.8 Å².